The number of nitrogens with zero attached hydrogens (tertiary/aromatic N) is 5. The first-order valence-electron chi connectivity index (χ1n) is 13.2. The van der Waals surface area contributed by atoms with Crippen LogP contribution in [0.1, 0.15) is 24.5 Å². The first-order chi connectivity index (χ1) is 18.5. The Balaban J connectivity index is 1.21. The monoisotopic (exact) mass is 511 g/mol. The van der Waals surface area contributed by atoms with E-state index in [1.165, 1.54) is 12.5 Å². The minimum absolute atomic E-state index is 0.167. The maximum Gasteiger partial charge on any atom is 0.222 e. The molecular weight excluding hydrogens is 478 g/mol. The van der Waals surface area contributed by atoms with Crippen molar-refractivity contribution in [3.63, 3.8) is 0 Å². The van der Waals surface area contributed by atoms with Gasteiger partial charge in [0.1, 0.15) is 17.3 Å². The van der Waals surface area contributed by atoms with Crippen LogP contribution in [-0.2, 0) is 24.3 Å². The lowest BCUT2D eigenvalue weighted by atomic mass is 10.0. The van der Waals surface area contributed by atoms with Gasteiger partial charge in [-0.15, -0.1) is 0 Å². The van der Waals surface area contributed by atoms with Crippen molar-refractivity contribution in [1.29, 1.82) is 0 Å². The van der Waals surface area contributed by atoms with E-state index in [2.05, 4.69) is 61.3 Å². The summed E-state index contributed by atoms with van der Waals surface area (Å²) in [7, 11) is 2.19. The van der Waals surface area contributed by atoms with Crippen LogP contribution in [0.15, 0.2) is 54.7 Å². The highest BCUT2D eigenvalue weighted by molar-refractivity contribution is 5.88. The molecule has 6 rings (SSSR count). The van der Waals surface area contributed by atoms with E-state index in [-0.39, 0.29) is 5.91 Å². The molecular formula is C29H33N7O2. The molecule has 0 spiro atoms. The fourth-order valence-electron chi connectivity index (χ4n) is 5.28. The number of piperazine rings is 1. The van der Waals surface area contributed by atoms with E-state index in [0.29, 0.717) is 11.6 Å². The number of aromatic nitrogens is 3. The second-order valence-corrected chi connectivity index (χ2v) is 10.2. The number of anilines is 3. The molecule has 38 heavy (non-hydrogen) atoms. The van der Waals surface area contributed by atoms with Crippen LogP contribution in [0.3, 0.4) is 0 Å². The van der Waals surface area contributed by atoms with Crippen LogP contribution in [0.5, 0.6) is 11.5 Å². The average Bonchev–Trinajstić information content (AvgIpc) is 3.26. The van der Waals surface area contributed by atoms with Crippen molar-refractivity contribution in [3.05, 3.63) is 65.9 Å². The van der Waals surface area contributed by atoms with Crippen molar-refractivity contribution in [3.8, 4) is 11.5 Å². The van der Waals surface area contributed by atoms with Crippen molar-refractivity contribution in [1.82, 2.24) is 24.3 Å². The number of ether oxygens (including phenoxy) is 1. The largest absolute Gasteiger partial charge is 0.457 e. The van der Waals surface area contributed by atoms with Crippen LogP contribution in [0.4, 0.5) is 17.5 Å². The summed E-state index contributed by atoms with van der Waals surface area (Å²) in [6.45, 7) is 7.85. The van der Waals surface area contributed by atoms with E-state index in [4.69, 9.17) is 9.72 Å². The molecule has 196 valence electrons. The highest BCUT2D eigenvalue weighted by Crippen LogP contribution is 2.37. The number of likely N-dealkylation sites (N-methyl/N-ethyl adjacent to an activating group) is 1. The smallest absolute Gasteiger partial charge is 0.222 e. The zero-order valence-corrected chi connectivity index (χ0v) is 21.9. The summed E-state index contributed by atoms with van der Waals surface area (Å²) in [5.41, 5.74) is 5.57. The topological polar surface area (TPSA) is 87.5 Å². The Bertz CT molecular complexity index is 1460. The highest BCUT2D eigenvalue weighted by Gasteiger charge is 2.22. The molecule has 2 N–H and O–H groups in total. The zero-order chi connectivity index (χ0) is 26.1. The first kappa shape index (κ1) is 24.4. The highest BCUT2D eigenvalue weighted by atomic mass is 16.5. The third-order valence-corrected chi connectivity index (χ3v) is 7.25. The van der Waals surface area contributed by atoms with E-state index in [1.54, 1.807) is 18.3 Å². The van der Waals surface area contributed by atoms with Gasteiger partial charge in [0.15, 0.2) is 0 Å². The van der Waals surface area contributed by atoms with Crippen LogP contribution >= 0.6 is 0 Å². The number of hydrogen-bond donors (Lipinski definition) is 2. The van der Waals surface area contributed by atoms with Crippen LogP contribution in [0.2, 0.25) is 0 Å². The fourth-order valence-corrected chi connectivity index (χ4v) is 5.28. The summed E-state index contributed by atoms with van der Waals surface area (Å²) in [4.78, 5) is 25.4. The molecule has 9 nitrogen and oxygen atoms in total. The Morgan fingerprint density at radius 1 is 1.03 bits per heavy atom. The Morgan fingerprint density at radius 2 is 1.84 bits per heavy atom. The van der Waals surface area contributed by atoms with Gasteiger partial charge < -0.3 is 24.8 Å². The Morgan fingerprint density at radius 3 is 2.63 bits per heavy atom. The molecule has 1 saturated heterocycles. The van der Waals surface area contributed by atoms with E-state index in [1.807, 2.05) is 12.1 Å². The second-order valence-electron chi connectivity index (χ2n) is 10.2. The maximum atomic E-state index is 11.4. The summed E-state index contributed by atoms with van der Waals surface area (Å²) in [6.07, 6.45) is 3.56. The Kier molecular flexibility index (Phi) is 6.70. The second kappa shape index (κ2) is 10.4. The molecule has 0 radical (unpaired) electrons. The van der Waals surface area contributed by atoms with Crippen molar-refractivity contribution in [2.24, 2.45) is 0 Å². The number of carbonyl (C=O) groups excluding carboxylic acids is 1. The van der Waals surface area contributed by atoms with Crippen LogP contribution in [0, 0.1) is 0 Å². The molecule has 0 atom stereocenters. The molecule has 2 aliphatic rings. The number of aryl methyl sites for hydroxylation is 2. The number of rotatable bonds is 7. The Labute approximate surface area is 222 Å². The molecule has 2 aromatic heterocycles. The molecule has 0 aliphatic carbocycles. The zero-order valence-electron chi connectivity index (χ0n) is 21.9. The fraction of sp³-hybridized carbons (Fsp3) is 0.345. The lowest BCUT2D eigenvalue weighted by Crippen LogP contribution is -2.43. The van der Waals surface area contributed by atoms with Gasteiger partial charge in [0.25, 0.3) is 0 Å². The first-order valence-corrected chi connectivity index (χ1v) is 13.2. The summed E-state index contributed by atoms with van der Waals surface area (Å²) < 4.78 is 8.53. The number of nitrogens with one attached hydrogen (secondary N) is 2. The molecule has 2 aliphatic heterocycles. The lowest BCUT2D eigenvalue weighted by Gasteiger charge is -2.32. The summed E-state index contributed by atoms with van der Waals surface area (Å²) in [5.74, 6) is 2.58. The third-order valence-electron chi connectivity index (χ3n) is 7.25. The van der Waals surface area contributed by atoms with E-state index >= 15 is 0 Å². The maximum absolute atomic E-state index is 11.4. The minimum atomic E-state index is -0.167. The van der Waals surface area contributed by atoms with Gasteiger partial charge in [-0.2, -0.15) is 0 Å². The van der Waals surface area contributed by atoms with Crippen LogP contribution in [-0.4, -0.2) is 63.5 Å². The number of hydrogen-bond acceptors (Lipinski definition) is 7. The summed E-state index contributed by atoms with van der Waals surface area (Å²) in [5, 5.41) is 6.25. The van der Waals surface area contributed by atoms with Gasteiger partial charge in [0.05, 0.1) is 11.0 Å². The molecule has 2 aromatic carbocycles. The van der Waals surface area contributed by atoms with E-state index in [9.17, 15) is 4.79 Å². The number of imidazole rings is 1. The molecule has 1 amide bonds. The molecule has 1 fully saturated rings. The summed E-state index contributed by atoms with van der Waals surface area (Å²) in [6, 6.07) is 16.2. The van der Waals surface area contributed by atoms with Gasteiger partial charge >= 0.3 is 0 Å². The number of amides is 1. The molecule has 0 saturated carbocycles. The molecule has 4 aromatic rings. The average molecular weight is 512 g/mol. The molecule has 4 heterocycles. The van der Waals surface area contributed by atoms with E-state index < -0.39 is 0 Å². The predicted molar refractivity (Wildman–Crippen MR) is 149 cm³/mol. The van der Waals surface area contributed by atoms with E-state index in [0.717, 1.165) is 86.1 Å². The van der Waals surface area contributed by atoms with Crippen LogP contribution in [0.25, 0.3) is 11.0 Å². The quantitative estimate of drug-likeness (QED) is 0.374. The van der Waals surface area contributed by atoms with Gasteiger partial charge in [-0.1, -0.05) is 12.1 Å². The standard InChI is InChI=1S/C29H33N7O2/c1-20(37)31-27-18-23(11-12-30-27)38-26-10-9-25-28-24(26)4-3-13-36(28)29(33-25)32-22-7-5-21(6-8-22)19-35-16-14-34(2)15-17-35/h5-12,18H,3-4,13-17,19H2,1-2H3,(H,32,33)(H,30,31,37). The van der Waals surface area contributed by atoms with Crippen molar-refractivity contribution in [2.75, 3.05) is 43.9 Å². The van der Waals surface area contributed by atoms with Gasteiger partial charge in [-0.3, -0.25) is 9.69 Å². The molecule has 0 unspecified atom stereocenters. The third kappa shape index (κ3) is 5.20. The lowest BCUT2D eigenvalue weighted by molar-refractivity contribution is -0.114. The van der Waals surface area contributed by atoms with Crippen molar-refractivity contribution in [2.45, 2.75) is 32.9 Å². The van der Waals surface area contributed by atoms with Gasteiger partial charge in [0, 0.05) is 69.7 Å². The molecule has 0 bridgehead atoms. The number of carbonyl (C=O) groups is 1. The minimum Gasteiger partial charge on any atom is -0.457 e. The van der Waals surface area contributed by atoms with Crippen molar-refractivity contribution < 1.29 is 9.53 Å². The SMILES string of the molecule is CC(=O)Nc1cc(Oc2ccc3nc(Nc4ccc(CN5CCN(C)CC5)cc4)n4c3c2CCC4)ccn1. The normalized spacial score (nSPS) is 15.9. The van der Waals surface area contributed by atoms with Gasteiger partial charge in [0.2, 0.25) is 11.9 Å². The Hall–Kier alpha value is -3.95. The summed E-state index contributed by atoms with van der Waals surface area (Å²) >= 11 is 0. The van der Waals surface area contributed by atoms with Crippen LogP contribution < -0.4 is 15.4 Å². The number of pyridine rings is 1. The van der Waals surface area contributed by atoms with Gasteiger partial charge in [-0.25, -0.2) is 9.97 Å². The van der Waals surface area contributed by atoms with Crippen molar-refractivity contribution >= 4 is 34.4 Å². The predicted octanol–water partition coefficient (Wildman–Crippen LogP) is 4.62. The number of benzene rings is 2. The molecule has 9 heteroatoms. The van der Waals surface area contributed by atoms with Gasteiger partial charge in [-0.05, 0) is 55.8 Å².